The van der Waals surface area contributed by atoms with E-state index < -0.39 is 17.8 Å². The zero-order chi connectivity index (χ0) is 24.1. The first kappa shape index (κ1) is 23.3. The summed E-state index contributed by atoms with van der Waals surface area (Å²) >= 11 is 0. The van der Waals surface area contributed by atoms with Gasteiger partial charge in [-0.2, -0.15) is 18.2 Å². The zero-order valence-corrected chi connectivity index (χ0v) is 18.5. The van der Waals surface area contributed by atoms with Gasteiger partial charge < -0.3 is 20.3 Å². The molecule has 2 N–H and O–H groups in total. The van der Waals surface area contributed by atoms with Gasteiger partial charge in [-0.15, -0.1) is 0 Å². The van der Waals surface area contributed by atoms with Crippen molar-refractivity contribution in [2.75, 3.05) is 23.9 Å². The molecule has 1 fully saturated rings. The number of para-hydroxylation sites is 2. The number of benzene rings is 2. The lowest BCUT2D eigenvalue weighted by Gasteiger charge is -2.24. The Morgan fingerprint density at radius 2 is 1.91 bits per heavy atom. The minimum absolute atomic E-state index is 0.136. The highest BCUT2D eigenvalue weighted by Gasteiger charge is 2.33. The second-order valence-corrected chi connectivity index (χ2v) is 7.83. The smallest absolute Gasteiger partial charge is 0.416 e. The van der Waals surface area contributed by atoms with Crippen molar-refractivity contribution in [2.24, 2.45) is 0 Å². The number of carbonyl (C=O) groups is 1. The van der Waals surface area contributed by atoms with Crippen LogP contribution in [0.3, 0.4) is 0 Å². The van der Waals surface area contributed by atoms with Gasteiger partial charge >= 0.3 is 6.18 Å². The standard InChI is InChI=1S/C24H24F3N5O2/c1-34-20-7-3-2-5-18(20)30-21-12-13-28-23(31-21)32-14-4-6-19(32)22(33)29-15-16-8-10-17(11-9-16)24(25,26)27/h2-3,5,7-13,19H,4,6,14-15H2,1H3,(H,29,33)(H,28,30,31)/t19-/m0/s1. The first-order valence-corrected chi connectivity index (χ1v) is 10.8. The number of halogens is 3. The summed E-state index contributed by atoms with van der Waals surface area (Å²) in [5.74, 6) is 1.44. The molecule has 0 bridgehead atoms. The van der Waals surface area contributed by atoms with E-state index in [9.17, 15) is 18.0 Å². The molecule has 0 saturated carbocycles. The molecule has 0 unspecified atom stereocenters. The van der Waals surface area contributed by atoms with E-state index in [1.807, 2.05) is 29.2 Å². The van der Waals surface area contributed by atoms with E-state index >= 15 is 0 Å². The number of hydrogen-bond acceptors (Lipinski definition) is 6. The molecule has 2 aromatic carbocycles. The second kappa shape index (κ2) is 9.98. The van der Waals surface area contributed by atoms with Crippen LogP contribution in [0.5, 0.6) is 5.75 Å². The van der Waals surface area contributed by atoms with Crippen LogP contribution in [-0.2, 0) is 17.5 Å². The van der Waals surface area contributed by atoms with E-state index in [0.717, 1.165) is 24.2 Å². The minimum Gasteiger partial charge on any atom is -0.495 e. The summed E-state index contributed by atoms with van der Waals surface area (Å²) in [6, 6.07) is 13.5. The van der Waals surface area contributed by atoms with Crippen LogP contribution in [0, 0.1) is 0 Å². The normalized spacial score (nSPS) is 15.8. The topological polar surface area (TPSA) is 79.4 Å². The minimum atomic E-state index is -4.39. The number of rotatable bonds is 7. The highest BCUT2D eigenvalue weighted by molar-refractivity contribution is 5.85. The van der Waals surface area contributed by atoms with E-state index in [0.29, 0.717) is 36.0 Å². The van der Waals surface area contributed by atoms with Crippen LogP contribution in [0.2, 0.25) is 0 Å². The Kier molecular flexibility index (Phi) is 6.85. The van der Waals surface area contributed by atoms with E-state index in [1.54, 1.807) is 19.4 Å². The molecule has 1 atom stereocenters. The number of anilines is 3. The molecule has 1 aliphatic rings. The Balaban J connectivity index is 1.42. The maximum Gasteiger partial charge on any atom is 0.416 e. The molecule has 1 aromatic heterocycles. The van der Waals surface area contributed by atoms with Gasteiger partial charge in [0.2, 0.25) is 11.9 Å². The summed E-state index contributed by atoms with van der Waals surface area (Å²) in [6.45, 7) is 0.758. The van der Waals surface area contributed by atoms with Crippen molar-refractivity contribution in [1.29, 1.82) is 0 Å². The number of methoxy groups -OCH3 is 1. The van der Waals surface area contributed by atoms with Crippen molar-refractivity contribution in [3.63, 3.8) is 0 Å². The fourth-order valence-electron chi connectivity index (χ4n) is 3.84. The molecule has 10 heteroatoms. The monoisotopic (exact) mass is 471 g/mol. The Morgan fingerprint density at radius 3 is 2.65 bits per heavy atom. The molecular formula is C24H24F3N5O2. The number of amides is 1. The Labute approximate surface area is 195 Å². The van der Waals surface area contributed by atoms with Crippen LogP contribution < -0.4 is 20.3 Å². The molecule has 1 amide bonds. The predicted molar refractivity (Wildman–Crippen MR) is 122 cm³/mol. The van der Waals surface area contributed by atoms with Gasteiger partial charge in [-0.25, -0.2) is 4.98 Å². The van der Waals surface area contributed by atoms with E-state index in [1.165, 1.54) is 12.1 Å². The quantitative estimate of drug-likeness (QED) is 0.527. The number of hydrogen-bond donors (Lipinski definition) is 2. The molecule has 0 radical (unpaired) electrons. The number of ether oxygens (including phenoxy) is 1. The summed E-state index contributed by atoms with van der Waals surface area (Å²) in [5, 5.41) is 6.03. The van der Waals surface area contributed by atoms with Crippen molar-refractivity contribution < 1.29 is 22.7 Å². The molecule has 1 saturated heterocycles. The maximum atomic E-state index is 12.9. The largest absolute Gasteiger partial charge is 0.495 e. The van der Waals surface area contributed by atoms with Crippen LogP contribution in [0.25, 0.3) is 0 Å². The first-order chi connectivity index (χ1) is 16.3. The highest BCUT2D eigenvalue weighted by Crippen LogP contribution is 2.30. The maximum absolute atomic E-state index is 12.9. The fourth-order valence-corrected chi connectivity index (χ4v) is 3.84. The van der Waals surface area contributed by atoms with Gasteiger partial charge in [-0.3, -0.25) is 4.79 Å². The Bertz CT molecular complexity index is 1140. The number of aromatic nitrogens is 2. The number of nitrogens with zero attached hydrogens (tertiary/aromatic N) is 3. The summed E-state index contributed by atoms with van der Waals surface area (Å²) in [6.07, 6.45) is -1.34. The number of alkyl halides is 3. The van der Waals surface area contributed by atoms with E-state index in [-0.39, 0.29) is 12.5 Å². The summed E-state index contributed by atoms with van der Waals surface area (Å²) < 4.78 is 43.6. The SMILES string of the molecule is COc1ccccc1Nc1ccnc(N2CCC[C@H]2C(=O)NCc2ccc(C(F)(F)F)cc2)n1. The summed E-state index contributed by atoms with van der Waals surface area (Å²) in [4.78, 5) is 23.6. The van der Waals surface area contributed by atoms with Gasteiger partial charge in [-0.05, 0) is 48.7 Å². The molecule has 2 heterocycles. The predicted octanol–water partition coefficient (Wildman–Crippen LogP) is 4.53. The highest BCUT2D eigenvalue weighted by atomic mass is 19.4. The van der Waals surface area contributed by atoms with Crippen LogP contribution in [0.15, 0.2) is 60.8 Å². The Hall–Kier alpha value is -3.82. The lowest BCUT2D eigenvalue weighted by molar-refractivity contribution is -0.137. The van der Waals surface area contributed by atoms with Crippen molar-refractivity contribution in [3.8, 4) is 5.75 Å². The molecule has 34 heavy (non-hydrogen) atoms. The van der Waals surface area contributed by atoms with Crippen LogP contribution >= 0.6 is 0 Å². The van der Waals surface area contributed by atoms with Crippen molar-refractivity contribution >= 4 is 23.4 Å². The molecule has 4 rings (SSSR count). The fraction of sp³-hybridized carbons (Fsp3) is 0.292. The summed E-state index contributed by atoms with van der Waals surface area (Å²) in [5.41, 5.74) is 0.621. The van der Waals surface area contributed by atoms with Crippen LogP contribution in [0.4, 0.5) is 30.6 Å². The van der Waals surface area contributed by atoms with Crippen LogP contribution in [-0.4, -0.2) is 35.6 Å². The van der Waals surface area contributed by atoms with Crippen molar-refractivity contribution in [1.82, 2.24) is 15.3 Å². The van der Waals surface area contributed by atoms with E-state index in [4.69, 9.17) is 4.74 Å². The number of carbonyl (C=O) groups excluding carboxylic acids is 1. The van der Waals surface area contributed by atoms with Gasteiger partial charge in [0.05, 0.1) is 18.4 Å². The third kappa shape index (κ3) is 5.38. The van der Waals surface area contributed by atoms with Crippen LogP contribution in [0.1, 0.15) is 24.0 Å². The van der Waals surface area contributed by atoms with Gasteiger partial charge in [0.1, 0.15) is 17.6 Å². The Morgan fingerprint density at radius 1 is 1.15 bits per heavy atom. The van der Waals surface area contributed by atoms with Gasteiger partial charge in [-0.1, -0.05) is 24.3 Å². The van der Waals surface area contributed by atoms with E-state index in [2.05, 4.69) is 20.6 Å². The van der Waals surface area contributed by atoms with Gasteiger partial charge in [0, 0.05) is 19.3 Å². The first-order valence-electron chi connectivity index (χ1n) is 10.8. The average molecular weight is 471 g/mol. The molecule has 178 valence electrons. The third-order valence-electron chi connectivity index (χ3n) is 5.57. The zero-order valence-electron chi connectivity index (χ0n) is 18.5. The molecule has 7 nitrogen and oxygen atoms in total. The molecular weight excluding hydrogens is 447 g/mol. The lowest BCUT2D eigenvalue weighted by atomic mass is 10.1. The average Bonchev–Trinajstić information content (AvgIpc) is 3.33. The third-order valence-corrected chi connectivity index (χ3v) is 5.57. The number of nitrogens with one attached hydrogen (secondary N) is 2. The molecule has 0 aliphatic carbocycles. The summed E-state index contributed by atoms with van der Waals surface area (Å²) in [7, 11) is 1.59. The second-order valence-electron chi connectivity index (χ2n) is 7.83. The molecule has 3 aromatic rings. The lowest BCUT2D eigenvalue weighted by Crippen LogP contribution is -2.43. The van der Waals surface area contributed by atoms with Crippen molar-refractivity contribution in [2.45, 2.75) is 31.6 Å². The van der Waals surface area contributed by atoms with Gasteiger partial charge in [0.15, 0.2) is 0 Å². The molecule has 1 aliphatic heterocycles. The van der Waals surface area contributed by atoms with Crippen molar-refractivity contribution in [3.05, 3.63) is 71.9 Å². The van der Waals surface area contributed by atoms with Gasteiger partial charge in [0.25, 0.3) is 0 Å². The molecule has 0 spiro atoms.